The highest BCUT2D eigenvalue weighted by Crippen LogP contribution is 2.48. The van der Waals surface area contributed by atoms with Crippen LogP contribution in [-0.4, -0.2) is 5.51 Å². The minimum atomic E-state index is -5.33. The van der Waals surface area contributed by atoms with Crippen LogP contribution in [0.25, 0.3) is 0 Å². The van der Waals surface area contributed by atoms with E-state index in [2.05, 4.69) is 0 Å². The van der Waals surface area contributed by atoms with Gasteiger partial charge in [-0.15, -0.1) is 0 Å². The average Bonchev–Trinajstić information content (AvgIpc) is 2.09. The van der Waals surface area contributed by atoms with Crippen molar-refractivity contribution in [3.05, 3.63) is 26.8 Å². The van der Waals surface area contributed by atoms with Crippen molar-refractivity contribution in [2.24, 2.45) is 0 Å². The summed E-state index contributed by atoms with van der Waals surface area (Å²) in [4.78, 5) is -1.32. The summed E-state index contributed by atoms with van der Waals surface area (Å²) in [6.07, 6.45) is -10.4. The minimum Gasteiger partial charge on any atom is -0.166 e. The van der Waals surface area contributed by atoms with Crippen LogP contribution in [0.2, 0.25) is 0 Å². The first kappa shape index (κ1) is 17.7. The van der Waals surface area contributed by atoms with Crippen LogP contribution < -0.4 is 0 Å². The lowest BCUT2D eigenvalue weighted by Gasteiger charge is -2.19. The van der Waals surface area contributed by atoms with E-state index in [9.17, 15) is 39.5 Å². The Balaban J connectivity index is 3.53. The largest absolute Gasteiger partial charge is 0.446 e. The number of alkyl halides is 9. The molecule has 0 radical (unpaired) electrons. The predicted octanol–water partition coefficient (Wildman–Crippen LogP) is 5.94. The van der Waals surface area contributed by atoms with Gasteiger partial charge < -0.3 is 0 Å². The molecule has 0 saturated carbocycles. The second-order valence-electron chi connectivity index (χ2n) is 3.34. The lowest BCUT2D eigenvalue weighted by Crippen LogP contribution is -2.17. The third-order valence-electron chi connectivity index (χ3n) is 1.92. The van der Waals surface area contributed by atoms with Crippen molar-refractivity contribution < 1.29 is 39.5 Å². The fourth-order valence-electron chi connectivity index (χ4n) is 1.25. The summed E-state index contributed by atoms with van der Waals surface area (Å²) in [5, 5.41) is 0. The number of hydrogen-bond acceptors (Lipinski definition) is 1. The van der Waals surface area contributed by atoms with Crippen LogP contribution in [0, 0.1) is 3.57 Å². The van der Waals surface area contributed by atoms with Crippen molar-refractivity contribution in [3.63, 3.8) is 0 Å². The predicted molar refractivity (Wildman–Crippen MR) is 61.1 cm³/mol. The molecule has 1 aromatic rings. The SMILES string of the molecule is FC(F)(F)Sc1ccc(C(F)(F)F)c(I)c1C(F)(F)F. The summed E-state index contributed by atoms with van der Waals surface area (Å²) in [6, 6.07) is 0.372. The smallest absolute Gasteiger partial charge is 0.166 e. The molecule has 0 fully saturated rings. The van der Waals surface area contributed by atoms with Crippen LogP contribution in [0.5, 0.6) is 0 Å². The number of thioether (sulfide) groups is 1. The number of benzene rings is 1. The fraction of sp³-hybridized carbons (Fsp3) is 0.333. The zero-order valence-electron chi connectivity index (χ0n) is 8.84. The van der Waals surface area contributed by atoms with Gasteiger partial charge in [0.15, 0.2) is 0 Å². The van der Waals surface area contributed by atoms with E-state index in [1.165, 1.54) is 0 Å². The van der Waals surface area contributed by atoms with Gasteiger partial charge in [-0.25, -0.2) is 0 Å². The lowest BCUT2D eigenvalue weighted by molar-refractivity contribution is -0.145. The van der Waals surface area contributed by atoms with Crippen LogP contribution in [-0.2, 0) is 12.4 Å². The van der Waals surface area contributed by atoms with Gasteiger partial charge in [-0.05, 0) is 46.5 Å². The summed E-state index contributed by atoms with van der Waals surface area (Å²) in [7, 11) is 0. The molecule has 0 aliphatic rings. The van der Waals surface area contributed by atoms with E-state index in [4.69, 9.17) is 0 Å². The van der Waals surface area contributed by atoms with E-state index in [1.54, 1.807) is 0 Å². The van der Waals surface area contributed by atoms with Crippen molar-refractivity contribution in [2.75, 3.05) is 0 Å². The maximum atomic E-state index is 12.7. The van der Waals surface area contributed by atoms with E-state index in [0.717, 1.165) is 22.6 Å². The van der Waals surface area contributed by atoms with Crippen molar-refractivity contribution in [1.82, 2.24) is 0 Å². The van der Waals surface area contributed by atoms with E-state index >= 15 is 0 Å². The standard InChI is InChI=1S/C9H2F9IS/c10-7(11,12)3-1-2-4(20-9(16,17)18)5(6(3)19)8(13,14)15/h1-2H. The highest BCUT2D eigenvalue weighted by Gasteiger charge is 2.44. The first-order valence-electron chi connectivity index (χ1n) is 4.46. The maximum absolute atomic E-state index is 12.7. The maximum Gasteiger partial charge on any atom is 0.446 e. The lowest BCUT2D eigenvalue weighted by atomic mass is 10.1. The number of hydrogen-bond donors (Lipinski definition) is 0. The molecular weight excluding hydrogens is 438 g/mol. The first-order chi connectivity index (χ1) is 8.73. The molecule has 20 heavy (non-hydrogen) atoms. The normalized spacial score (nSPS) is 13.7. The van der Waals surface area contributed by atoms with Gasteiger partial charge >= 0.3 is 17.9 Å². The molecule has 1 rings (SSSR count). The molecule has 0 bridgehead atoms. The van der Waals surface area contributed by atoms with Gasteiger partial charge in [-0.2, -0.15) is 39.5 Å². The Kier molecular flexibility index (Phi) is 4.84. The van der Waals surface area contributed by atoms with Crippen LogP contribution in [0.4, 0.5) is 39.5 Å². The number of halogens is 10. The van der Waals surface area contributed by atoms with Crippen molar-refractivity contribution in [1.29, 1.82) is 0 Å². The van der Waals surface area contributed by atoms with E-state index < -0.39 is 49.2 Å². The fourth-order valence-corrected chi connectivity index (χ4v) is 3.22. The monoisotopic (exact) mass is 440 g/mol. The molecular formula is C9H2F9IS. The van der Waals surface area contributed by atoms with Crippen LogP contribution in [0.1, 0.15) is 11.1 Å². The molecule has 0 spiro atoms. The zero-order chi connectivity index (χ0) is 15.9. The van der Waals surface area contributed by atoms with Gasteiger partial charge in [0.2, 0.25) is 0 Å². The molecule has 0 nitrogen and oxygen atoms in total. The van der Waals surface area contributed by atoms with Gasteiger partial charge in [-0.3, -0.25) is 0 Å². The van der Waals surface area contributed by atoms with Crippen LogP contribution >= 0.6 is 34.4 Å². The quantitative estimate of drug-likeness (QED) is 0.296. The van der Waals surface area contributed by atoms with E-state index in [1.807, 2.05) is 0 Å². The van der Waals surface area contributed by atoms with Gasteiger partial charge in [0.05, 0.1) is 11.1 Å². The van der Waals surface area contributed by atoms with E-state index in [0.29, 0.717) is 0 Å². The van der Waals surface area contributed by atoms with Gasteiger partial charge in [-0.1, -0.05) is 0 Å². The molecule has 0 saturated heterocycles. The van der Waals surface area contributed by atoms with Crippen LogP contribution in [0.15, 0.2) is 17.0 Å². The third kappa shape index (κ3) is 4.33. The summed E-state index contributed by atoms with van der Waals surface area (Å²) >= 11 is -0.357. The molecule has 11 heteroatoms. The Morgan fingerprint density at radius 2 is 1.30 bits per heavy atom. The summed E-state index contributed by atoms with van der Waals surface area (Å²) < 4.78 is 111. The molecule has 114 valence electrons. The molecule has 0 aromatic heterocycles. The highest BCUT2D eigenvalue weighted by molar-refractivity contribution is 14.1. The Labute approximate surface area is 123 Å². The third-order valence-corrected chi connectivity index (χ3v) is 3.83. The van der Waals surface area contributed by atoms with Crippen molar-refractivity contribution >= 4 is 34.4 Å². The molecule has 0 heterocycles. The molecule has 0 N–H and O–H groups in total. The molecule has 1 aromatic carbocycles. The second-order valence-corrected chi connectivity index (χ2v) is 5.53. The van der Waals surface area contributed by atoms with Crippen LogP contribution in [0.3, 0.4) is 0 Å². The first-order valence-corrected chi connectivity index (χ1v) is 6.35. The Morgan fingerprint density at radius 3 is 1.65 bits per heavy atom. The van der Waals surface area contributed by atoms with Gasteiger partial charge in [0, 0.05) is 8.47 Å². The van der Waals surface area contributed by atoms with Gasteiger partial charge in [0.25, 0.3) is 0 Å². The summed E-state index contributed by atoms with van der Waals surface area (Å²) in [6.45, 7) is 0. The van der Waals surface area contributed by atoms with Crippen molar-refractivity contribution in [3.8, 4) is 0 Å². The molecule has 0 unspecified atom stereocenters. The van der Waals surface area contributed by atoms with Crippen molar-refractivity contribution in [2.45, 2.75) is 22.8 Å². The molecule has 0 aliphatic heterocycles. The summed E-state index contributed by atoms with van der Waals surface area (Å²) in [5.41, 5.74) is -8.60. The average molecular weight is 440 g/mol. The number of rotatable bonds is 1. The molecule has 0 atom stereocenters. The topological polar surface area (TPSA) is 0 Å². The second kappa shape index (κ2) is 5.46. The minimum absolute atomic E-state index is 0.173. The van der Waals surface area contributed by atoms with Gasteiger partial charge in [0.1, 0.15) is 0 Å². The molecule has 0 aliphatic carbocycles. The molecule has 0 amide bonds. The van der Waals surface area contributed by atoms with E-state index in [-0.39, 0.29) is 12.1 Å². The zero-order valence-corrected chi connectivity index (χ0v) is 11.8. The highest BCUT2D eigenvalue weighted by atomic mass is 127. The Bertz CT molecular complexity index is 500. The Morgan fingerprint density at radius 1 is 0.800 bits per heavy atom. The Hall–Kier alpha value is -0.330. The summed E-state index contributed by atoms with van der Waals surface area (Å²) in [5.74, 6) is 0.